The molecule has 18 heavy (non-hydrogen) atoms. The second kappa shape index (κ2) is 7.21. The summed E-state index contributed by atoms with van der Waals surface area (Å²) in [5.74, 6) is 3.49. The molecule has 96 valence electrons. The summed E-state index contributed by atoms with van der Waals surface area (Å²) in [6.45, 7) is 2.20. The fourth-order valence-corrected chi connectivity index (χ4v) is 2.53. The van der Waals surface area contributed by atoms with E-state index in [9.17, 15) is 0 Å². The minimum atomic E-state index is 0.738. The van der Waals surface area contributed by atoms with Gasteiger partial charge >= 0.3 is 0 Å². The Hall–Kier alpha value is -1.29. The van der Waals surface area contributed by atoms with Crippen LogP contribution in [0.2, 0.25) is 0 Å². The van der Waals surface area contributed by atoms with Crippen molar-refractivity contribution in [3.05, 3.63) is 47.6 Å². The van der Waals surface area contributed by atoms with Gasteiger partial charge in [0, 0.05) is 6.42 Å². The lowest BCUT2D eigenvalue weighted by Crippen LogP contribution is -1.90. The summed E-state index contributed by atoms with van der Waals surface area (Å²) in [5.41, 5.74) is 1.21. The largest absolute Gasteiger partial charge is 0.338 e. The van der Waals surface area contributed by atoms with Crippen LogP contribution in [0.1, 0.15) is 37.0 Å². The van der Waals surface area contributed by atoms with Crippen LogP contribution in [-0.4, -0.2) is 15.9 Å². The lowest BCUT2D eigenvalue weighted by atomic mass is 10.1. The average Bonchev–Trinajstić information content (AvgIpc) is 2.84. The molecular weight excluding hydrogens is 244 g/mol. The molecule has 0 unspecified atom stereocenters. The van der Waals surface area contributed by atoms with Gasteiger partial charge in [0.15, 0.2) is 5.82 Å². The fraction of sp³-hybridized carbons (Fsp3) is 0.429. The molecule has 2 rings (SSSR count). The van der Waals surface area contributed by atoms with Gasteiger partial charge in [-0.3, -0.25) is 0 Å². The van der Waals surface area contributed by atoms with Crippen LogP contribution in [0.4, 0.5) is 0 Å². The van der Waals surface area contributed by atoms with E-state index in [-0.39, 0.29) is 0 Å². The highest BCUT2D eigenvalue weighted by Crippen LogP contribution is 2.13. The van der Waals surface area contributed by atoms with Crippen molar-refractivity contribution >= 4 is 11.8 Å². The Labute approximate surface area is 112 Å². The van der Waals surface area contributed by atoms with Crippen LogP contribution < -0.4 is 0 Å². The van der Waals surface area contributed by atoms with E-state index in [1.54, 1.807) is 0 Å². The van der Waals surface area contributed by atoms with Crippen molar-refractivity contribution in [1.82, 2.24) is 10.1 Å². The van der Waals surface area contributed by atoms with Crippen LogP contribution in [0.3, 0.4) is 0 Å². The van der Waals surface area contributed by atoms with E-state index in [1.807, 2.05) is 30.0 Å². The fourth-order valence-electron chi connectivity index (χ4n) is 1.60. The molecule has 0 radical (unpaired) electrons. The number of hydrogen-bond acceptors (Lipinski definition) is 4. The van der Waals surface area contributed by atoms with Gasteiger partial charge in [-0.15, -0.1) is 0 Å². The maximum atomic E-state index is 5.24. The summed E-state index contributed by atoms with van der Waals surface area (Å²) in [6, 6.07) is 10.2. The first kappa shape index (κ1) is 13.1. The predicted molar refractivity (Wildman–Crippen MR) is 74.6 cm³/mol. The van der Waals surface area contributed by atoms with Gasteiger partial charge in [-0.1, -0.05) is 48.8 Å². The molecule has 0 saturated heterocycles. The van der Waals surface area contributed by atoms with Crippen molar-refractivity contribution < 1.29 is 4.52 Å². The van der Waals surface area contributed by atoms with Gasteiger partial charge in [-0.05, 0) is 17.7 Å². The van der Waals surface area contributed by atoms with Gasteiger partial charge in [-0.25, -0.2) is 0 Å². The number of aromatic nitrogens is 2. The number of unbranched alkanes of at least 4 members (excludes halogenated alkanes) is 1. The van der Waals surface area contributed by atoms with Crippen LogP contribution >= 0.6 is 11.8 Å². The van der Waals surface area contributed by atoms with E-state index in [2.05, 4.69) is 29.2 Å². The van der Waals surface area contributed by atoms with E-state index in [0.29, 0.717) is 0 Å². The van der Waals surface area contributed by atoms with Crippen LogP contribution in [0.25, 0.3) is 0 Å². The Kier molecular flexibility index (Phi) is 5.27. The number of thioether (sulfide) groups is 1. The van der Waals surface area contributed by atoms with Crippen molar-refractivity contribution in [1.29, 1.82) is 0 Å². The molecule has 4 heteroatoms. The van der Waals surface area contributed by atoms with Gasteiger partial charge in [0.05, 0.1) is 5.75 Å². The normalized spacial score (nSPS) is 10.7. The summed E-state index contributed by atoms with van der Waals surface area (Å²) in [5, 5.41) is 4.01. The summed E-state index contributed by atoms with van der Waals surface area (Å²) >= 11 is 1.85. The van der Waals surface area contributed by atoms with E-state index < -0.39 is 0 Å². The standard InChI is InChI=1S/C14H18N2OS/c1-2-3-9-18-11-14-15-13(16-17-14)10-12-7-5-4-6-8-12/h4-8H,2-3,9-11H2,1H3. The molecule has 0 bridgehead atoms. The van der Waals surface area contributed by atoms with Gasteiger partial charge in [0.2, 0.25) is 5.89 Å². The Balaban J connectivity index is 1.83. The third-order valence-electron chi connectivity index (χ3n) is 2.58. The molecule has 0 N–H and O–H groups in total. The average molecular weight is 262 g/mol. The van der Waals surface area contributed by atoms with Gasteiger partial charge in [-0.2, -0.15) is 16.7 Å². The molecule has 1 heterocycles. The highest BCUT2D eigenvalue weighted by atomic mass is 32.2. The summed E-state index contributed by atoms with van der Waals surface area (Å²) < 4.78 is 5.24. The summed E-state index contributed by atoms with van der Waals surface area (Å²) in [6.07, 6.45) is 3.22. The van der Waals surface area contributed by atoms with Crippen molar-refractivity contribution in [2.75, 3.05) is 5.75 Å². The van der Waals surface area contributed by atoms with Crippen LogP contribution in [0.5, 0.6) is 0 Å². The SMILES string of the molecule is CCCCSCc1nc(Cc2ccccc2)no1. The zero-order valence-corrected chi connectivity index (χ0v) is 11.4. The van der Waals surface area contributed by atoms with Crippen molar-refractivity contribution in [2.45, 2.75) is 31.9 Å². The highest BCUT2D eigenvalue weighted by Gasteiger charge is 2.06. The lowest BCUT2D eigenvalue weighted by molar-refractivity contribution is 0.386. The van der Waals surface area contributed by atoms with Crippen molar-refractivity contribution in [3.8, 4) is 0 Å². The Morgan fingerprint density at radius 2 is 2.06 bits per heavy atom. The first-order chi connectivity index (χ1) is 8.88. The number of hydrogen-bond donors (Lipinski definition) is 0. The van der Waals surface area contributed by atoms with Gasteiger partial charge in [0.25, 0.3) is 0 Å². The van der Waals surface area contributed by atoms with E-state index >= 15 is 0 Å². The first-order valence-corrected chi connectivity index (χ1v) is 7.47. The molecule has 0 aliphatic carbocycles. The maximum absolute atomic E-state index is 5.24. The van der Waals surface area contributed by atoms with Crippen LogP contribution in [0.15, 0.2) is 34.9 Å². The van der Waals surface area contributed by atoms with E-state index in [4.69, 9.17) is 4.52 Å². The molecule has 1 aromatic heterocycles. The summed E-state index contributed by atoms with van der Waals surface area (Å²) in [7, 11) is 0. The van der Waals surface area contributed by atoms with Gasteiger partial charge in [0.1, 0.15) is 0 Å². The molecule has 0 atom stereocenters. The van der Waals surface area contributed by atoms with Crippen molar-refractivity contribution in [3.63, 3.8) is 0 Å². The third-order valence-corrected chi connectivity index (χ3v) is 3.61. The van der Waals surface area contributed by atoms with Crippen LogP contribution in [-0.2, 0) is 12.2 Å². The van der Waals surface area contributed by atoms with Gasteiger partial charge < -0.3 is 4.52 Å². The zero-order chi connectivity index (χ0) is 12.6. The van der Waals surface area contributed by atoms with E-state index in [1.165, 1.54) is 18.4 Å². The monoisotopic (exact) mass is 262 g/mol. The van der Waals surface area contributed by atoms with Crippen LogP contribution in [0, 0.1) is 0 Å². The number of benzene rings is 1. The molecule has 1 aromatic carbocycles. The second-order valence-corrected chi connectivity index (χ2v) is 5.28. The zero-order valence-electron chi connectivity index (χ0n) is 10.6. The number of nitrogens with zero attached hydrogens (tertiary/aromatic N) is 2. The molecular formula is C14H18N2OS. The minimum Gasteiger partial charge on any atom is -0.338 e. The quantitative estimate of drug-likeness (QED) is 0.713. The molecule has 0 fully saturated rings. The lowest BCUT2D eigenvalue weighted by Gasteiger charge is -1.95. The van der Waals surface area contributed by atoms with E-state index in [0.717, 1.165) is 29.6 Å². The molecule has 3 nitrogen and oxygen atoms in total. The topological polar surface area (TPSA) is 38.9 Å². The molecule has 0 amide bonds. The van der Waals surface area contributed by atoms with Crippen molar-refractivity contribution in [2.24, 2.45) is 0 Å². The Bertz CT molecular complexity index is 456. The predicted octanol–water partition coefficient (Wildman–Crippen LogP) is 3.69. The molecule has 0 aliphatic rings. The first-order valence-electron chi connectivity index (χ1n) is 6.31. The summed E-state index contributed by atoms with van der Waals surface area (Å²) in [4.78, 5) is 4.40. The number of rotatable bonds is 7. The Morgan fingerprint density at radius 1 is 1.22 bits per heavy atom. The maximum Gasteiger partial charge on any atom is 0.236 e. The molecule has 0 spiro atoms. The molecule has 0 saturated carbocycles. The smallest absolute Gasteiger partial charge is 0.236 e. The Morgan fingerprint density at radius 3 is 2.83 bits per heavy atom. The second-order valence-electron chi connectivity index (χ2n) is 4.17. The molecule has 0 aliphatic heterocycles. The third kappa shape index (κ3) is 4.18. The molecule has 2 aromatic rings. The highest BCUT2D eigenvalue weighted by molar-refractivity contribution is 7.98. The minimum absolute atomic E-state index is 0.738.